The predicted octanol–water partition coefficient (Wildman–Crippen LogP) is 2.74. The summed E-state index contributed by atoms with van der Waals surface area (Å²) in [6, 6.07) is 6.60. The van der Waals surface area contributed by atoms with Crippen molar-refractivity contribution in [2.45, 2.75) is 23.0 Å². The van der Waals surface area contributed by atoms with Crippen molar-refractivity contribution in [3.8, 4) is 6.07 Å². The Balaban J connectivity index is 2.16. The van der Waals surface area contributed by atoms with Crippen molar-refractivity contribution in [2.24, 2.45) is 0 Å². The van der Waals surface area contributed by atoms with Gasteiger partial charge < -0.3 is 4.74 Å². The summed E-state index contributed by atoms with van der Waals surface area (Å²) < 4.78 is 5.27. The highest BCUT2D eigenvalue weighted by molar-refractivity contribution is 8.00. The van der Waals surface area contributed by atoms with Crippen LogP contribution in [0.2, 0.25) is 0 Å². The van der Waals surface area contributed by atoms with Crippen LogP contribution in [-0.4, -0.2) is 23.4 Å². The van der Waals surface area contributed by atoms with Crippen molar-refractivity contribution >= 4 is 17.4 Å². The second kappa shape index (κ2) is 5.85. The Morgan fingerprint density at radius 3 is 2.78 bits per heavy atom. The van der Waals surface area contributed by atoms with Crippen molar-refractivity contribution in [3.05, 3.63) is 33.9 Å². The molecule has 5 nitrogen and oxygen atoms in total. The molecule has 2 rings (SSSR count). The van der Waals surface area contributed by atoms with Crippen molar-refractivity contribution in [1.82, 2.24) is 0 Å². The van der Waals surface area contributed by atoms with Gasteiger partial charge in [0.05, 0.1) is 4.92 Å². The number of nitriles is 1. The van der Waals surface area contributed by atoms with E-state index in [0.717, 1.165) is 31.0 Å². The minimum absolute atomic E-state index is 0.108. The highest BCUT2D eigenvalue weighted by Gasteiger charge is 2.18. The normalized spacial score (nSPS) is 16.2. The van der Waals surface area contributed by atoms with E-state index in [4.69, 9.17) is 10.00 Å². The third kappa shape index (κ3) is 3.00. The van der Waals surface area contributed by atoms with Crippen LogP contribution in [0.3, 0.4) is 0 Å². The van der Waals surface area contributed by atoms with E-state index in [1.807, 2.05) is 6.07 Å². The number of nitro benzene ring substituents is 1. The predicted molar refractivity (Wildman–Crippen MR) is 67.5 cm³/mol. The maximum Gasteiger partial charge on any atom is 0.288 e. The number of benzene rings is 1. The molecule has 1 aliphatic heterocycles. The van der Waals surface area contributed by atoms with Gasteiger partial charge in [-0.25, -0.2) is 0 Å². The van der Waals surface area contributed by atoms with Gasteiger partial charge in [0.2, 0.25) is 0 Å². The molecule has 0 spiro atoms. The number of hydrogen-bond donors (Lipinski definition) is 0. The summed E-state index contributed by atoms with van der Waals surface area (Å²) in [4.78, 5) is 11.2. The quantitative estimate of drug-likeness (QED) is 0.619. The van der Waals surface area contributed by atoms with E-state index in [0.29, 0.717) is 5.25 Å². The molecular weight excluding hydrogens is 252 g/mol. The lowest BCUT2D eigenvalue weighted by Crippen LogP contribution is -2.17. The molecule has 0 aliphatic carbocycles. The lowest BCUT2D eigenvalue weighted by molar-refractivity contribution is -0.385. The van der Waals surface area contributed by atoms with E-state index in [9.17, 15) is 10.1 Å². The minimum Gasteiger partial charge on any atom is -0.381 e. The Bertz CT molecular complexity index is 493. The molecule has 0 unspecified atom stereocenters. The van der Waals surface area contributed by atoms with Crippen LogP contribution in [0.5, 0.6) is 0 Å². The van der Waals surface area contributed by atoms with Crippen LogP contribution in [0.15, 0.2) is 23.1 Å². The van der Waals surface area contributed by atoms with Crippen LogP contribution in [0.1, 0.15) is 18.4 Å². The summed E-state index contributed by atoms with van der Waals surface area (Å²) in [5, 5.41) is 20.1. The third-order valence-electron chi connectivity index (χ3n) is 2.76. The number of ether oxygens (including phenoxy) is 1. The highest BCUT2D eigenvalue weighted by atomic mass is 32.2. The average molecular weight is 264 g/mol. The number of nitro groups is 1. The molecule has 0 saturated carbocycles. The molecule has 0 radical (unpaired) electrons. The fourth-order valence-corrected chi connectivity index (χ4v) is 2.96. The van der Waals surface area contributed by atoms with Crippen LogP contribution in [0, 0.1) is 21.4 Å². The maximum atomic E-state index is 10.9. The molecule has 1 aromatic carbocycles. The van der Waals surface area contributed by atoms with Gasteiger partial charge in [0, 0.05) is 29.4 Å². The Hall–Kier alpha value is -1.58. The molecule has 6 heteroatoms. The fourth-order valence-electron chi connectivity index (χ4n) is 1.82. The Kier molecular flexibility index (Phi) is 4.18. The molecule has 1 fully saturated rings. The lowest BCUT2D eigenvalue weighted by atomic mass is 10.2. The molecule has 18 heavy (non-hydrogen) atoms. The number of hydrogen-bond acceptors (Lipinski definition) is 5. The molecule has 0 bridgehead atoms. The standard InChI is InChI=1S/C12H12N2O3S/c13-8-9-1-2-11(7-12(9)14(15)16)18-10-3-5-17-6-4-10/h1-2,7,10H,3-6H2. The molecule has 0 amide bonds. The summed E-state index contributed by atoms with van der Waals surface area (Å²) in [5.41, 5.74) is -0.00844. The van der Waals surface area contributed by atoms with Crippen molar-refractivity contribution in [3.63, 3.8) is 0 Å². The lowest BCUT2D eigenvalue weighted by Gasteiger charge is -2.21. The first-order valence-corrected chi connectivity index (χ1v) is 6.51. The second-order valence-corrected chi connectivity index (χ2v) is 5.35. The van der Waals surface area contributed by atoms with E-state index in [-0.39, 0.29) is 11.3 Å². The van der Waals surface area contributed by atoms with Crippen LogP contribution in [0.25, 0.3) is 0 Å². The molecule has 0 aromatic heterocycles. The van der Waals surface area contributed by atoms with Gasteiger partial charge >= 0.3 is 0 Å². The topological polar surface area (TPSA) is 76.2 Å². The first kappa shape index (κ1) is 12.9. The summed E-state index contributed by atoms with van der Waals surface area (Å²) >= 11 is 1.62. The monoisotopic (exact) mass is 264 g/mol. The van der Waals surface area contributed by atoms with Gasteiger partial charge in [0.1, 0.15) is 11.6 Å². The highest BCUT2D eigenvalue weighted by Crippen LogP contribution is 2.32. The number of nitrogens with zero attached hydrogens (tertiary/aromatic N) is 2. The maximum absolute atomic E-state index is 10.9. The average Bonchev–Trinajstić information content (AvgIpc) is 2.40. The SMILES string of the molecule is N#Cc1ccc(SC2CCOCC2)cc1[N+](=O)[O-]. The Morgan fingerprint density at radius 1 is 1.44 bits per heavy atom. The first-order chi connectivity index (χ1) is 8.70. The van der Waals surface area contributed by atoms with E-state index in [1.165, 1.54) is 12.1 Å². The van der Waals surface area contributed by atoms with Gasteiger partial charge in [-0.1, -0.05) is 0 Å². The zero-order valence-corrected chi connectivity index (χ0v) is 10.5. The fraction of sp³-hybridized carbons (Fsp3) is 0.417. The van der Waals surface area contributed by atoms with Gasteiger partial charge in [0.25, 0.3) is 5.69 Å². The molecular formula is C12H12N2O3S. The molecule has 1 heterocycles. The largest absolute Gasteiger partial charge is 0.381 e. The molecule has 1 aliphatic rings. The second-order valence-electron chi connectivity index (χ2n) is 3.98. The molecule has 1 saturated heterocycles. The van der Waals surface area contributed by atoms with Gasteiger partial charge in [-0.15, -0.1) is 11.8 Å². The summed E-state index contributed by atoms with van der Waals surface area (Å²) in [6.07, 6.45) is 1.91. The van der Waals surface area contributed by atoms with E-state index >= 15 is 0 Å². The van der Waals surface area contributed by atoms with Crippen molar-refractivity contribution in [2.75, 3.05) is 13.2 Å². The molecule has 0 N–H and O–H groups in total. The zero-order valence-electron chi connectivity index (χ0n) is 9.67. The van der Waals surface area contributed by atoms with Gasteiger partial charge in [-0.05, 0) is 25.0 Å². The van der Waals surface area contributed by atoms with Crippen molar-refractivity contribution < 1.29 is 9.66 Å². The Morgan fingerprint density at radius 2 is 2.17 bits per heavy atom. The third-order valence-corrected chi connectivity index (χ3v) is 4.09. The summed E-state index contributed by atoms with van der Waals surface area (Å²) in [6.45, 7) is 1.49. The van der Waals surface area contributed by atoms with Gasteiger partial charge in [-0.3, -0.25) is 10.1 Å². The van der Waals surface area contributed by atoms with E-state index in [2.05, 4.69) is 0 Å². The van der Waals surface area contributed by atoms with Gasteiger partial charge in [0.15, 0.2) is 0 Å². The van der Waals surface area contributed by atoms with Crippen LogP contribution >= 0.6 is 11.8 Å². The summed E-state index contributed by atoms with van der Waals surface area (Å²) in [5.74, 6) is 0. The van der Waals surface area contributed by atoms with Crippen LogP contribution in [0.4, 0.5) is 5.69 Å². The number of rotatable bonds is 3. The van der Waals surface area contributed by atoms with Crippen LogP contribution in [-0.2, 0) is 4.74 Å². The number of thioether (sulfide) groups is 1. The van der Waals surface area contributed by atoms with E-state index < -0.39 is 4.92 Å². The van der Waals surface area contributed by atoms with Gasteiger partial charge in [-0.2, -0.15) is 5.26 Å². The van der Waals surface area contributed by atoms with Crippen molar-refractivity contribution in [1.29, 1.82) is 5.26 Å². The summed E-state index contributed by atoms with van der Waals surface area (Å²) in [7, 11) is 0. The molecule has 94 valence electrons. The smallest absolute Gasteiger partial charge is 0.288 e. The van der Waals surface area contributed by atoms with Crippen LogP contribution < -0.4 is 0 Å². The van der Waals surface area contributed by atoms with E-state index in [1.54, 1.807) is 17.8 Å². The zero-order chi connectivity index (χ0) is 13.0. The molecule has 0 atom stereocenters. The minimum atomic E-state index is -0.507. The first-order valence-electron chi connectivity index (χ1n) is 5.63. The molecule has 1 aromatic rings. The Labute approximate surface area is 109 Å².